The summed E-state index contributed by atoms with van der Waals surface area (Å²) in [7, 11) is 0. The fourth-order valence-corrected chi connectivity index (χ4v) is 1.79. The van der Waals surface area contributed by atoms with Gasteiger partial charge in [-0.05, 0) is 30.2 Å². The first-order chi connectivity index (χ1) is 10.3. The largest absolute Gasteiger partial charge is 0.491 e. The van der Waals surface area contributed by atoms with Crippen LogP contribution < -0.4 is 15.4 Å². The van der Waals surface area contributed by atoms with Crippen molar-refractivity contribution in [3.8, 4) is 5.75 Å². The Hall–Kier alpha value is -2.56. The van der Waals surface area contributed by atoms with E-state index in [1.807, 2.05) is 43.3 Å². The van der Waals surface area contributed by atoms with Crippen molar-refractivity contribution < 1.29 is 9.53 Å². The summed E-state index contributed by atoms with van der Waals surface area (Å²) in [5, 5.41) is 5.51. The van der Waals surface area contributed by atoms with Gasteiger partial charge < -0.3 is 15.4 Å². The van der Waals surface area contributed by atoms with E-state index < -0.39 is 0 Å². The lowest BCUT2D eigenvalue weighted by Crippen LogP contribution is -2.37. The second kappa shape index (κ2) is 7.89. The minimum atomic E-state index is -0.216. The molecule has 0 radical (unpaired) electrons. The Labute approximate surface area is 124 Å². The van der Waals surface area contributed by atoms with Crippen LogP contribution in [0.4, 0.5) is 4.79 Å². The van der Waals surface area contributed by atoms with Crippen LogP contribution in [0.25, 0.3) is 0 Å². The van der Waals surface area contributed by atoms with Crippen LogP contribution >= 0.6 is 0 Å². The molecule has 5 nitrogen and oxygen atoms in total. The van der Waals surface area contributed by atoms with Crippen LogP contribution in [0, 0.1) is 6.92 Å². The summed E-state index contributed by atoms with van der Waals surface area (Å²) in [4.78, 5) is 15.6. The number of hydrogen-bond donors (Lipinski definition) is 2. The molecule has 21 heavy (non-hydrogen) atoms. The average Bonchev–Trinajstić information content (AvgIpc) is 2.52. The Balaban J connectivity index is 1.62. The maximum atomic E-state index is 11.6. The van der Waals surface area contributed by atoms with E-state index in [0.717, 1.165) is 16.9 Å². The van der Waals surface area contributed by atoms with Crippen molar-refractivity contribution >= 4 is 6.03 Å². The number of benzene rings is 1. The molecule has 0 saturated heterocycles. The summed E-state index contributed by atoms with van der Waals surface area (Å²) in [6, 6.07) is 11.3. The molecule has 2 amide bonds. The van der Waals surface area contributed by atoms with Gasteiger partial charge in [0.05, 0.1) is 6.54 Å². The second-order valence-electron chi connectivity index (χ2n) is 4.58. The zero-order valence-electron chi connectivity index (χ0n) is 12.0. The van der Waals surface area contributed by atoms with Crippen molar-refractivity contribution in [2.24, 2.45) is 0 Å². The normalized spacial score (nSPS) is 9.95. The summed E-state index contributed by atoms with van der Waals surface area (Å²) >= 11 is 0. The van der Waals surface area contributed by atoms with E-state index in [4.69, 9.17) is 4.74 Å². The molecule has 0 saturated carbocycles. The molecule has 1 aromatic heterocycles. The van der Waals surface area contributed by atoms with E-state index in [1.165, 1.54) is 0 Å². The van der Waals surface area contributed by atoms with Crippen LogP contribution in [0.1, 0.15) is 11.1 Å². The molecule has 0 fully saturated rings. The van der Waals surface area contributed by atoms with E-state index >= 15 is 0 Å². The Bertz CT molecular complexity index is 573. The lowest BCUT2D eigenvalue weighted by Gasteiger charge is -2.10. The summed E-state index contributed by atoms with van der Waals surface area (Å²) in [5.41, 5.74) is 2.04. The van der Waals surface area contributed by atoms with Crippen molar-refractivity contribution in [2.75, 3.05) is 13.2 Å². The summed E-state index contributed by atoms with van der Waals surface area (Å²) in [5.74, 6) is 0.843. The van der Waals surface area contributed by atoms with E-state index in [-0.39, 0.29) is 6.03 Å². The van der Waals surface area contributed by atoms with Gasteiger partial charge in [-0.25, -0.2) is 4.79 Å². The van der Waals surface area contributed by atoms with Crippen molar-refractivity contribution in [3.05, 3.63) is 59.9 Å². The average molecular weight is 285 g/mol. The number of aromatic nitrogens is 1. The number of amides is 2. The van der Waals surface area contributed by atoms with Crippen molar-refractivity contribution in [3.63, 3.8) is 0 Å². The molecule has 0 aliphatic heterocycles. The summed E-state index contributed by atoms with van der Waals surface area (Å²) in [6.45, 7) is 3.33. The first-order valence-corrected chi connectivity index (χ1v) is 6.85. The Morgan fingerprint density at radius 2 is 2.05 bits per heavy atom. The zero-order chi connectivity index (χ0) is 14.9. The van der Waals surface area contributed by atoms with Crippen molar-refractivity contribution in [1.29, 1.82) is 0 Å². The van der Waals surface area contributed by atoms with Gasteiger partial charge in [-0.3, -0.25) is 4.98 Å². The Kier molecular flexibility index (Phi) is 5.58. The van der Waals surface area contributed by atoms with Gasteiger partial charge >= 0.3 is 6.03 Å². The SMILES string of the molecule is Cc1ccccc1OCCNC(=O)NCc1cccnc1. The number of pyridine rings is 1. The van der Waals surface area contributed by atoms with Crippen molar-refractivity contribution in [2.45, 2.75) is 13.5 Å². The number of urea groups is 1. The van der Waals surface area contributed by atoms with Crippen LogP contribution in [0.5, 0.6) is 5.75 Å². The first kappa shape index (κ1) is 14.8. The van der Waals surface area contributed by atoms with Gasteiger partial charge in [-0.15, -0.1) is 0 Å². The molecule has 0 unspecified atom stereocenters. The molecular formula is C16H19N3O2. The van der Waals surface area contributed by atoms with E-state index in [1.54, 1.807) is 12.4 Å². The predicted octanol–water partition coefficient (Wildman–Crippen LogP) is 2.27. The minimum absolute atomic E-state index is 0.216. The first-order valence-electron chi connectivity index (χ1n) is 6.85. The fourth-order valence-electron chi connectivity index (χ4n) is 1.79. The molecule has 0 bridgehead atoms. The van der Waals surface area contributed by atoms with Gasteiger partial charge in [0.2, 0.25) is 0 Å². The molecule has 2 rings (SSSR count). The van der Waals surface area contributed by atoms with E-state index in [9.17, 15) is 4.79 Å². The number of carbonyl (C=O) groups excluding carboxylic acids is 1. The smallest absolute Gasteiger partial charge is 0.315 e. The van der Waals surface area contributed by atoms with E-state index in [2.05, 4.69) is 15.6 Å². The van der Waals surface area contributed by atoms with Gasteiger partial charge in [-0.1, -0.05) is 24.3 Å². The standard InChI is InChI=1S/C16H19N3O2/c1-13-5-2-3-7-15(13)21-10-9-18-16(20)19-12-14-6-4-8-17-11-14/h2-8,11H,9-10,12H2,1H3,(H2,18,19,20). The van der Waals surface area contributed by atoms with Crippen LogP contribution in [0.3, 0.4) is 0 Å². The number of nitrogens with one attached hydrogen (secondary N) is 2. The third kappa shape index (κ3) is 5.14. The summed E-state index contributed by atoms with van der Waals surface area (Å²) < 4.78 is 5.60. The van der Waals surface area contributed by atoms with Gasteiger partial charge in [0.1, 0.15) is 12.4 Å². The van der Waals surface area contributed by atoms with Gasteiger partial charge in [-0.2, -0.15) is 0 Å². The molecule has 2 aromatic rings. The van der Waals surface area contributed by atoms with Crippen LogP contribution in [-0.2, 0) is 6.54 Å². The lowest BCUT2D eigenvalue weighted by molar-refractivity contribution is 0.236. The minimum Gasteiger partial charge on any atom is -0.491 e. The molecule has 1 aromatic carbocycles. The number of nitrogens with zero attached hydrogens (tertiary/aromatic N) is 1. The summed E-state index contributed by atoms with van der Waals surface area (Å²) in [6.07, 6.45) is 3.42. The third-order valence-corrected chi connectivity index (χ3v) is 2.91. The highest BCUT2D eigenvalue weighted by atomic mass is 16.5. The highest BCUT2D eigenvalue weighted by Gasteiger charge is 2.01. The number of ether oxygens (including phenoxy) is 1. The monoisotopic (exact) mass is 285 g/mol. The maximum Gasteiger partial charge on any atom is 0.315 e. The fraction of sp³-hybridized carbons (Fsp3) is 0.250. The number of aryl methyl sites for hydroxylation is 1. The molecule has 0 aliphatic rings. The van der Waals surface area contributed by atoms with Crippen LogP contribution in [-0.4, -0.2) is 24.2 Å². The highest BCUT2D eigenvalue weighted by Crippen LogP contribution is 2.15. The van der Waals surface area contributed by atoms with Gasteiger partial charge in [0, 0.05) is 18.9 Å². The van der Waals surface area contributed by atoms with Gasteiger partial charge in [0.15, 0.2) is 0 Å². The molecule has 0 aliphatic carbocycles. The molecule has 110 valence electrons. The molecule has 0 atom stereocenters. The van der Waals surface area contributed by atoms with Crippen molar-refractivity contribution in [1.82, 2.24) is 15.6 Å². The van der Waals surface area contributed by atoms with Crippen LogP contribution in [0.15, 0.2) is 48.8 Å². The second-order valence-corrected chi connectivity index (χ2v) is 4.58. The third-order valence-electron chi connectivity index (χ3n) is 2.91. The quantitative estimate of drug-likeness (QED) is 0.800. The molecule has 2 N–H and O–H groups in total. The zero-order valence-corrected chi connectivity index (χ0v) is 12.0. The Morgan fingerprint density at radius 1 is 1.19 bits per heavy atom. The number of para-hydroxylation sites is 1. The molecule has 5 heteroatoms. The van der Waals surface area contributed by atoms with Crippen LogP contribution in [0.2, 0.25) is 0 Å². The topological polar surface area (TPSA) is 63.2 Å². The Morgan fingerprint density at radius 3 is 2.81 bits per heavy atom. The number of carbonyl (C=O) groups is 1. The molecule has 1 heterocycles. The number of hydrogen-bond acceptors (Lipinski definition) is 3. The maximum absolute atomic E-state index is 11.6. The molecule has 0 spiro atoms. The number of rotatable bonds is 6. The molecular weight excluding hydrogens is 266 g/mol. The van der Waals surface area contributed by atoms with Gasteiger partial charge in [0.25, 0.3) is 0 Å². The predicted molar refractivity (Wildman–Crippen MR) is 81.1 cm³/mol. The highest BCUT2D eigenvalue weighted by molar-refractivity contribution is 5.73. The lowest BCUT2D eigenvalue weighted by atomic mass is 10.2. The van der Waals surface area contributed by atoms with E-state index in [0.29, 0.717) is 19.7 Å².